The number of benzene rings is 2. The molecule has 0 saturated carbocycles. The summed E-state index contributed by atoms with van der Waals surface area (Å²) in [5, 5.41) is 8.23. The highest BCUT2D eigenvalue weighted by atomic mass is 16.5. The fourth-order valence-corrected chi connectivity index (χ4v) is 1.83. The first kappa shape index (κ1) is 26.1. The van der Waals surface area contributed by atoms with Crippen LogP contribution in [0.25, 0.3) is 0 Å². The average Bonchev–Trinajstić information content (AvgIpc) is 2.63. The van der Waals surface area contributed by atoms with Crippen LogP contribution in [0.4, 0.5) is 17.1 Å². The smallest absolute Gasteiger partial charge is 0.292 e. The third-order valence-electron chi connectivity index (χ3n) is 3.12. The monoisotopic (exact) mass is 380 g/mol. The number of nitriles is 1. The molecule has 0 heterocycles. The summed E-state index contributed by atoms with van der Waals surface area (Å²) in [7, 11) is 0. The van der Waals surface area contributed by atoms with Crippen LogP contribution in [-0.2, 0) is 14.4 Å². The zero-order chi connectivity index (χ0) is 19.4. The van der Waals surface area contributed by atoms with Crippen LogP contribution >= 0.6 is 0 Å². The van der Waals surface area contributed by atoms with E-state index in [4.69, 9.17) is 5.26 Å². The number of ether oxygens (including phenoxy) is 1. The summed E-state index contributed by atoms with van der Waals surface area (Å²) in [4.78, 5) is 40.4. The van der Waals surface area contributed by atoms with E-state index in [-0.39, 0.29) is 14.9 Å². The largest absolute Gasteiger partial charge is 0.388 e. The Morgan fingerprint density at radius 3 is 1.79 bits per heavy atom. The maximum absolute atomic E-state index is 10.00. The fourth-order valence-electron chi connectivity index (χ4n) is 1.83. The lowest BCUT2D eigenvalue weighted by atomic mass is 10.1. The van der Waals surface area contributed by atoms with E-state index in [9.17, 15) is 14.4 Å². The Labute approximate surface area is 163 Å². The Kier molecular flexibility index (Phi) is 13.1. The van der Waals surface area contributed by atoms with Crippen LogP contribution in [0, 0.1) is 25.4 Å². The van der Waals surface area contributed by atoms with Crippen molar-refractivity contribution in [3.8, 4) is 12.0 Å². The van der Waals surface area contributed by atoms with Crippen LogP contribution in [0.5, 0.6) is 5.75 Å². The number of isocyanates is 3. The molecule has 0 unspecified atom stereocenters. The van der Waals surface area contributed by atoms with Crippen molar-refractivity contribution in [1.29, 1.82) is 5.26 Å². The summed E-state index contributed by atoms with van der Waals surface area (Å²) in [5.41, 5.74) is 2.88. The van der Waals surface area contributed by atoms with E-state index in [1.807, 2.05) is 0 Å². The molecule has 0 aliphatic heterocycles. The Hall–Kier alpha value is -4.13. The van der Waals surface area contributed by atoms with Gasteiger partial charge >= 0.3 is 0 Å². The first-order valence-electron chi connectivity index (χ1n) is 7.07. The molecule has 0 aliphatic rings. The van der Waals surface area contributed by atoms with Crippen LogP contribution in [0.3, 0.4) is 0 Å². The standard InChI is InChI=1S/2C9H6N2O2.2CH4/c1-7-2-3-8(13-5-10)4-9(7)11-6-12;1-7-8(10-5-12)3-2-4-9(7)11-6-13;;/h2*2-4H,1H3;2*1H4. The fraction of sp³-hybridized carbons (Fsp3) is 0.200. The van der Waals surface area contributed by atoms with Gasteiger partial charge in [-0.05, 0) is 37.6 Å². The van der Waals surface area contributed by atoms with Gasteiger partial charge in [0.25, 0.3) is 6.26 Å². The number of hydrogen-bond donors (Lipinski definition) is 0. The zero-order valence-corrected chi connectivity index (χ0v) is 13.9. The molecule has 144 valence electrons. The van der Waals surface area contributed by atoms with Crippen LogP contribution in [0.1, 0.15) is 26.0 Å². The highest BCUT2D eigenvalue weighted by Crippen LogP contribution is 2.27. The predicted molar refractivity (Wildman–Crippen MR) is 105 cm³/mol. The van der Waals surface area contributed by atoms with Crippen LogP contribution in [-0.4, -0.2) is 18.2 Å². The van der Waals surface area contributed by atoms with Gasteiger partial charge in [-0.1, -0.05) is 27.0 Å². The summed E-state index contributed by atoms with van der Waals surface area (Å²) in [6, 6.07) is 9.78. The van der Waals surface area contributed by atoms with Crippen molar-refractivity contribution in [2.24, 2.45) is 15.0 Å². The molecule has 2 aromatic carbocycles. The minimum absolute atomic E-state index is 0. The molecule has 8 nitrogen and oxygen atoms in total. The lowest BCUT2D eigenvalue weighted by Crippen LogP contribution is -1.82. The minimum Gasteiger partial charge on any atom is -0.388 e. The second-order valence-electron chi connectivity index (χ2n) is 4.67. The van der Waals surface area contributed by atoms with Gasteiger partial charge in [-0.25, -0.2) is 14.4 Å². The summed E-state index contributed by atoms with van der Waals surface area (Å²) < 4.78 is 4.56. The van der Waals surface area contributed by atoms with Gasteiger partial charge in [-0.3, -0.25) is 0 Å². The average molecular weight is 380 g/mol. The molecule has 0 amide bonds. The molecule has 2 aromatic rings. The van der Waals surface area contributed by atoms with Gasteiger partial charge in [0, 0.05) is 11.6 Å². The number of nitrogens with zero attached hydrogens (tertiary/aromatic N) is 4. The summed E-state index contributed by atoms with van der Waals surface area (Å²) in [5.74, 6) is 0.363. The lowest BCUT2D eigenvalue weighted by molar-refractivity contribution is 0.507. The molecule has 0 bridgehead atoms. The van der Waals surface area contributed by atoms with Gasteiger partial charge < -0.3 is 4.74 Å². The van der Waals surface area contributed by atoms with Crippen molar-refractivity contribution in [3.63, 3.8) is 0 Å². The molecule has 0 spiro atoms. The predicted octanol–water partition coefficient (Wildman–Crippen LogP) is 5.02. The molecule has 0 radical (unpaired) electrons. The van der Waals surface area contributed by atoms with E-state index in [1.165, 1.54) is 30.6 Å². The van der Waals surface area contributed by atoms with Gasteiger partial charge in [0.2, 0.25) is 18.2 Å². The van der Waals surface area contributed by atoms with E-state index in [1.54, 1.807) is 44.2 Å². The molecule has 2 rings (SSSR count). The maximum Gasteiger partial charge on any atom is 0.292 e. The molecule has 0 aromatic heterocycles. The molecule has 28 heavy (non-hydrogen) atoms. The molecule has 0 aliphatic carbocycles. The normalized spacial score (nSPS) is 7.75. The highest BCUT2D eigenvalue weighted by molar-refractivity contribution is 5.64. The van der Waals surface area contributed by atoms with Crippen LogP contribution < -0.4 is 4.74 Å². The van der Waals surface area contributed by atoms with E-state index < -0.39 is 0 Å². The third kappa shape index (κ3) is 7.83. The van der Waals surface area contributed by atoms with Crippen molar-refractivity contribution in [2.45, 2.75) is 28.7 Å². The summed E-state index contributed by atoms with van der Waals surface area (Å²) in [6.07, 6.45) is 5.82. The Morgan fingerprint density at radius 2 is 1.32 bits per heavy atom. The topological polar surface area (TPSA) is 121 Å². The lowest BCUT2D eigenvalue weighted by Gasteiger charge is -1.99. The molecule has 0 fully saturated rings. The first-order valence-corrected chi connectivity index (χ1v) is 7.07. The van der Waals surface area contributed by atoms with E-state index in [0.717, 1.165) is 5.56 Å². The number of hydrogen-bond acceptors (Lipinski definition) is 8. The van der Waals surface area contributed by atoms with Crippen molar-refractivity contribution in [1.82, 2.24) is 0 Å². The molecule has 0 saturated heterocycles. The Bertz CT molecular complexity index is 940. The molecule has 8 heteroatoms. The van der Waals surface area contributed by atoms with E-state index in [0.29, 0.717) is 28.4 Å². The Balaban J connectivity index is 0. The van der Waals surface area contributed by atoms with Crippen molar-refractivity contribution < 1.29 is 19.1 Å². The van der Waals surface area contributed by atoms with Gasteiger partial charge in [-0.2, -0.15) is 15.0 Å². The summed E-state index contributed by atoms with van der Waals surface area (Å²) >= 11 is 0. The number of aliphatic imine (C=N–C) groups is 3. The van der Waals surface area contributed by atoms with Gasteiger partial charge in [0.15, 0.2) is 0 Å². The highest BCUT2D eigenvalue weighted by Gasteiger charge is 2.01. The van der Waals surface area contributed by atoms with Gasteiger partial charge in [0.05, 0.1) is 17.1 Å². The summed E-state index contributed by atoms with van der Waals surface area (Å²) in [6.45, 7) is 3.51. The SMILES string of the molecule is C.C.Cc1c(N=C=O)cccc1N=C=O.Cc1ccc(OC#N)cc1N=C=O. The quantitative estimate of drug-likeness (QED) is 0.418. The second-order valence-corrected chi connectivity index (χ2v) is 4.67. The third-order valence-corrected chi connectivity index (χ3v) is 3.12. The van der Waals surface area contributed by atoms with E-state index >= 15 is 0 Å². The minimum atomic E-state index is 0. The number of carbonyl (C=O) groups excluding carboxylic acids is 3. The second kappa shape index (κ2) is 14.1. The number of aryl methyl sites for hydroxylation is 1. The van der Waals surface area contributed by atoms with Crippen LogP contribution in [0.15, 0.2) is 51.4 Å². The molecule has 0 atom stereocenters. The van der Waals surface area contributed by atoms with Crippen molar-refractivity contribution in [2.75, 3.05) is 0 Å². The molecule has 0 N–H and O–H groups in total. The number of rotatable bonds is 4. The Morgan fingerprint density at radius 1 is 0.821 bits per heavy atom. The molecular formula is C20H20N4O4. The molecular weight excluding hydrogens is 360 g/mol. The van der Waals surface area contributed by atoms with Gasteiger partial charge in [0.1, 0.15) is 5.75 Å². The van der Waals surface area contributed by atoms with Crippen molar-refractivity contribution in [3.05, 3.63) is 47.5 Å². The van der Waals surface area contributed by atoms with Crippen molar-refractivity contribution >= 4 is 35.3 Å². The zero-order valence-electron chi connectivity index (χ0n) is 13.9. The van der Waals surface area contributed by atoms with Gasteiger partial charge in [-0.15, -0.1) is 5.26 Å². The van der Waals surface area contributed by atoms with E-state index in [2.05, 4.69) is 19.7 Å². The van der Waals surface area contributed by atoms with Crippen LogP contribution in [0.2, 0.25) is 0 Å². The first-order chi connectivity index (χ1) is 12.6. The maximum atomic E-state index is 10.00.